The Morgan fingerprint density at radius 2 is 2.07 bits per heavy atom. The molecule has 6 nitrogen and oxygen atoms in total. The third-order valence-electron chi connectivity index (χ3n) is 4.74. The summed E-state index contributed by atoms with van der Waals surface area (Å²) < 4.78 is 16.3. The monoisotopic (exact) mass is 388 g/mol. The molecule has 1 fully saturated rings. The van der Waals surface area contributed by atoms with Crippen LogP contribution in [0.5, 0.6) is 11.5 Å². The van der Waals surface area contributed by atoms with Gasteiger partial charge in [0.05, 0.1) is 20.3 Å². The van der Waals surface area contributed by atoms with Crippen LogP contribution in [-0.4, -0.2) is 63.4 Å². The van der Waals surface area contributed by atoms with Crippen molar-refractivity contribution in [2.24, 2.45) is 5.92 Å². The number of ether oxygens (including phenoxy) is 3. The van der Waals surface area contributed by atoms with E-state index in [4.69, 9.17) is 14.2 Å². The van der Waals surface area contributed by atoms with Gasteiger partial charge < -0.3 is 19.5 Å². The van der Waals surface area contributed by atoms with Crippen molar-refractivity contribution in [3.63, 3.8) is 0 Å². The van der Waals surface area contributed by atoms with Gasteiger partial charge in [-0.25, -0.2) is 0 Å². The van der Waals surface area contributed by atoms with Crippen molar-refractivity contribution in [1.82, 2.24) is 10.2 Å². The summed E-state index contributed by atoms with van der Waals surface area (Å²) in [6, 6.07) is 5.86. The van der Waals surface area contributed by atoms with Gasteiger partial charge in [0.2, 0.25) is 5.91 Å². The van der Waals surface area contributed by atoms with Gasteiger partial charge in [-0.1, -0.05) is 32.6 Å². The van der Waals surface area contributed by atoms with Gasteiger partial charge in [0.25, 0.3) is 0 Å². The van der Waals surface area contributed by atoms with Crippen LogP contribution in [0.25, 0.3) is 6.08 Å². The van der Waals surface area contributed by atoms with Gasteiger partial charge in [-0.3, -0.25) is 9.69 Å². The normalized spacial score (nSPS) is 16.1. The SMILES string of the molecule is C=CCOc1ccc(/C=C/C(=O)NCC(C(C)C)N2CCOCC2)cc1OC. The van der Waals surface area contributed by atoms with Crippen molar-refractivity contribution in [3.05, 3.63) is 42.5 Å². The number of nitrogens with one attached hydrogen (secondary N) is 1. The Kier molecular flexibility index (Phi) is 9.04. The van der Waals surface area contributed by atoms with E-state index in [2.05, 4.69) is 30.6 Å². The molecule has 0 aromatic heterocycles. The second kappa shape index (κ2) is 11.5. The first kappa shape index (κ1) is 22.0. The number of carbonyl (C=O) groups is 1. The molecule has 1 N–H and O–H groups in total. The topological polar surface area (TPSA) is 60.0 Å². The molecule has 1 aromatic carbocycles. The van der Waals surface area contributed by atoms with Crippen LogP contribution in [0.4, 0.5) is 0 Å². The Morgan fingerprint density at radius 3 is 2.71 bits per heavy atom. The van der Waals surface area contributed by atoms with E-state index in [-0.39, 0.29) is 5.91 Å². The van der Waals surface area contributed by atoms with Crippen LogP contribution in [0.1, 0.15) is 19.4 Å². The van der Waals surface area contributed by atoms with E-state index < -0.39 is 0 Å². The highest BCUT2D eigenvalue weighted by molar-refractivity contribution is 5.91. The summed E-state index contributed by atoms with van der Waals surface area (Å²) in [6.45, 7) is 12.4. The third kappa shape index (κ3) is 6.69. The van der Waals surface area contributed by atoms with Crippen molar-refractivity contribution in [2.45, 2.75) is 19.9 Å². The maximum atomic E-state index is 12.3. The van der Waals surface area contributed by atoms with E-state index in [0.29, 0.717) is 36.6 Å². The quantitative estimate of drug-likeness (QED) is 0.493. The van der Waals surface area contributed by atoms with Crippen LogP contribution in [-0.2, 0) is 9.53 Å². The highest BCUT2D eigenvalue weighted by Gasteiger charge is 2.23. The number of rotatable bonds is 10. The first-order valence-corrected chi connectivity index (χ1v) is 9.74. The second-order valence-corrected chi connectivity index (χ2v) is 7.05. The standard InChI is InChI=1S/C22H32N2O4/c1-5-12-28-20-8-6-18(15-21(20)26-4)7-9-22(25)23-16-19(17(2)3)24-10-13-27-14-11-24/h5-9,15,17,19H,1,10-14,16H2,2-4H3,(H,23,25)/b9-7+. The van der Waals surface area contributed by atoms with Crippen LogP contribution < -0.4 is 14.8 Å². The lowest BCUT2D eigenvalue weighted by Gasteiger charge is -2.36. The number of morpholine rings is 1. The average molecular weight is 389 g/mol. The van der Waals surface area contributed by atoms with Crippen LogP contribution in [0.2, 0.25) is 0 Å². The van der Waals surface area contributed by atoms with Crippen LogP contribution in [0, 0.1) is 5.92 Å². The maximum Gasteiger partial charge on any atom is 0.244 e. The lowest BCUT2D eigenvalue weighted by atomic mass is 10.0. The predicted molar refractivity (Wildman–Crippen MR) is 112 cm³/mol. The highest BCUT2D eigenvalue weighted by Crippen LogP contribution is 2.28. The lowest BCUT2D eigenvalue weighted by molar-refractivity contribution is -0.116. The summed E-state index contributed by atoms with van der Waals surface area (Å²) in [5.74, 6) is 1.62. The molecule has 1 heterocycles. The van der Waals surface area contributed by atoms with Crippen molar-refractivity contribution in [2.75, 3.05) is 46.6 Å². The highest BCUT2D eigenvalue weighted by atomic mass is 16.5. The number of nitrogens with zero attached hydrogens (tertiary/aromatic N) is 1. The van der Waals surface area contributed by atoms with Crippen LogP contribution in [0.3, 0.4) is 0 Å². The van der Waals surface area contributed by atoms with E-state index >= 15 is 0 Å². The summed E-state index contributed by atoms with van der Waals surface area (Å²) in [5, 5.41) is 3.02. The van der Waals surface area contributed by atoms with Gasteiger partial charge in [0.15, 0.2) is 11.5 Å². The average Bonchev–Trinajstić information content (AvgIpc) is 2.71. The Bertz CT molecular complexity index is 667. The molecule has 1 saturated heterocycles. The van der Waals surface area contributed by atoms with E-state index in [9.17, 15) is 4.79 Å². The van der Waals surface area contributed by atoms with E-state index in [1.54, 1.807) is 25.3 Å². The fraction of sp³-hybridized carbons (Fsp3) is 0.500. The van der Waals surface area contributed by atoms with Crippen molar-refractivity contribution in [3.8, 4) is 11.5 Å². The Balaban J connectivity index is 1.92. The molecular weight excluding hydrogens is 356 g/mol. The van der Waals surface area contributed by atoms with Crippen molar-refractivity contribution in [1.29, 1.82) is 0 Å². The largest absolute Gasteiger partial charge is 0.493 e. The van der Waals surface area contributed by atoms with Crippen LogP contribution >= 0.6 is 0 Å². The fourth-order valence-electron chi connectivity index (χ4n) is 3.19. The molecule has 6 heteroatoms. The Morgan fingerprint density at radius 1 is 1.32 bits per heavy atom. The smallest absolute Gasteiger partial charge is 0.244 e. The van der Waals surface area contributed by atoms with Crippen LogP contribution in [0.15, 0.2) is 36.9 Å². The molecule has 1 atom stereocenters. The van der Waals surface area contributed by atoms with Gasteiger partial charge in [-0.2, -0.15) is 0 Å². The summed E-state index contributed by atoms with van der Waals surface area (Å²) >= 11 is 0. The maximum absolute atomic E-state index is 12.3. The Labute approximate surface area is 168 Å². The first-order chi connectivity index (χ1) is 13.5. The van der Waals surface area contributed by atoms with Crippen molar-refractivity contribution < 1.29 is 19.0 Å². The number of hydrogen-bond acceptors (Lipinski definition) is 5. The lowest BCUT2D eigenvalue weighted by Crippen LogP contribution is -2.51. The molecule has 0 radical (unpaired) electrons. The van der Waals surface area contributed by atoms with Gasteiger partial charge in [-0.15, -0.1) is 0 Å². The zero-order valence-electron chi connectivity index (χ0n) is 17.1. The van der Waals surface area contributed by atoms with E-state index in [1.165, 1.54) is 0 Å². The van der Waals surface area contributed by atoms with E-state index in [0.717, 1.165) is 31.9 Å². The molecule has 1 amide bonds. The molecule has 2 rings (SSSR count). The molecular formula is C22H32N2O4. The third-order valence-corrected chi connectivity index (χ3v) is 4.74. The predicted octanol–water partition coefficient (Wildman–Crippen LogP) is 2.75. The number of benzene rings is 1. The molecule has 0 saturated carbocycles. The van der Waals surface area contributed by atoms with E-state index in [1.807, 2.05) is 18.2 Å². The minimum absolute atomic E-state index is 0.107. The molecule has 1 unspecified atom stereocenters. The number of methoxy groups -OCH3 is 1. The fourth-order valence-corrected chi connectivity index (χ4v) is 3.19. The molecule has 0 aliphatic carbocycles. The summed E-state index contributed by atoms with van der Waals surface area (Å²) in [7, 11) is 1.59. The second-order valence-electron chi connectivity index (χ2n) is 7.05. The number of hydrogen-bond donors (Lipinski definition) is 1. The number of carbonyl (C=O) groups excluding carboxylic acids is 1. The van der Waals surface area contributed by atoms with Gasteiger partial charge in [0.1, 0.15) is 6.61 Å². The van der Waals surface area contributed by atoms with Gasteiger partial charge in [0, 0.05) is 31.8 Å². The van der Waals surface area contributed by atoms with Gasteiger partial charge >= 0.3 is 0 Å². The molecule has 0 spiro atoms. The zero-order valence-corrected chi connectivity index (χ0v) is 17.1. The molecule has 1 aromatic rings. The molecule has 1 aliphatic heterocycles. The molecule has 1 aliphatic rings. The van der Waals surface area contributed by atoms with Crippen molar-refractivity contribution >= 4 is 12.0 Å². The zero-order chi connectivity index (χ0) is 20.4. The molecule has 28 heavy (non-hydrogen) atoms. The summed E-state index contributed by atoms with van der Waals surface area (Å²) in [4.78, 5) is 14.7. The Hall–Kier alpha value is -2.31. The van der Waals surface area contributed by atoms with Gasteiger partial charge in [-0.05, 0) is 29.7 Å². The molecule has 0 bridgehead atoms. The summed E-state index contributed by atoms with van der Waals surface area (Å²) in [6.07, 6.45) is 5.00. The number of amides is 1. The first-order valence-electron chi connectivity index (χ1n) is 9.74. The molecule has 154 valence electrons. The minimum Gasteiger partial charge on any atom is -0.493 e. The summed E-state index contributed by atoms with van der Waals surface area (Å²) in [5.41, 5.74) is 0.867. The minimum atomic E-state index is -0.107.